The second-order valence-electron chi connectivity index (χ2n) is 7.40. The molecule has 0 spiro atoms. The maximum atomic E-state index is 13.0. The van der Waals surface area contributed by atoms with Crippen molar-refractivity contribution in [2.45, 2.75) is 59.0 Å². The lowest BCUT2D eigenvalue weighted by Crippen LogP contribution is -2.38. The summed E-state index contributed by atoms with van der Waals surface area (Å²) >= 11 is 0. The van der Waals surface area contributed by atoms with Gasteiger partial charge in [-0.05, 0) is 49.9 Å². The summed E-state index contributed by atoms with van der Waals surface area (Å²) in [4.78, 5) is 0.235. The molecule has 0 atom stereocenters. The zero-order chi connectivity index (χ0) is 18.5. The number of hydrogen-bond donors (Lipinski definition) is 0. The van der Waals surface area contributed by atoms with Gasteiger partial charge in [0.05, 0.1) is 17.1 Å². The molecule has 0 aliphatic heterocycles. The van der Waals surface area contributed by atoms with Crippen molar-refractivity contribution in [2.24, 2.45) is 5.41 Å². The maximum Gasteiger partial charge on any atom is 0.243 e. The van der Waals surface area contributed by atoms with E-state index in [0.717, 1.165) is 5.56 Å². The number of aryl methyl sites for hydroxylation is 1. The molecule has 0 N–H and O–H groups in total. The Labute approximate surface area is 146 Å². The molecule has 1 aromatic carbocycles. The highest BCUT2D eigenvalue weighted by molar-refractivity contribution is 7.89. The summed E-state index contributed by atoms with van der Waals surface area (Å²) < 4.78 is 33.0. The fourth-order valence-electron chi connectivity index (χ4n) is 2.31. The van der Waals surface area contributed by atoms with E-state index in [9.17, 15) is 8.42 Å². The number of benzene rings is 1. The number of rotatable bonds is 7. The third-order valence-electron chi connectivity index (χ3n) is 3.27. The summed E-state index contributed by atoms with van der Waals surface area (Å²) in [6, 6.07) is 6.93. The van der Waals surface area contributed by atoms with Crippen LogP contribution < -0.4 is 4.74 Å². The first-order chi connectivity index (χ1) is 11.0. The summed E-state index contributed by atoms with van der Waals surface area (Å²) in [5.74, 6) is 0.684. The highest BCUT2D eigenvalue weighted by Gasteiger charge is 2.28. The van der Waals surface area contributed by atoms with Crippen molar-refractivity contribution in [1.82, 2.24) is 4.31 Å². The molecule has 0 bridgehead atoms. The molecule has 0 amide bonds. The highest BCUT2D eigenvalue weighted by atomic mass is 32.2. The number of nitriles is 1. The van der Waals surface area contributed by atoms with E-state index in [4.69, 9.17) is 10.00 Å². The Morgan fingerprint density at radius 1 is 1.29 bits per heavy atom. The van der Waals surface area contributed by atoms with Gasteiger partial charge < -0.3 is 4.74 Å². The third kappa shape index (κ3) is 5.81. The van der Waals surface area contributed by atoms with Crippen molar-refractivity contribution >= 4 is 10.0 Å². The van der Waals surface area contributed by atoms with Crippen LogP contribution >= 0.6 is 0 Å². The van der Waals surface area contributed by atoms with Gasteiger partial charge in [0.25, 0.3) is 0 Å². The molecule has 134 valence electrons. The van der Waals surface area contributed by atoms with Gasteiger partial charge in [-0.1, -0.05) is 20.8 Å². The van der Waals surface area contributed by atoms with E-state index in [1.54, 1.807) is 18.2 Å². The number of hydrogen-bond acceptors (Lipinski definition) is 4. The first-order valence-electron chi connectivity index (χ1n) is 8.12. The molecule has 0 aliphatic carbocycles. The van der Waals surface area contributed by atoms with Crippen LogP contribution in [0.4, 0.5) is 0 Å². The topological polar surface area (TPSA) is 70.4 Å². The Bertz CT molecular complexity index is 698. The van der Waals surface area contributed by atoms with Crippen molar-refractivity contribution in [3.63, 3.8) is 0 Å². The fourth-order valence-corrected chi connectivity index (χ4v) is 4.06. The molecule has 0 aliphatic rings. The van der Waals surface area contributed by atoms with Crippen LogP contribution in [-0.2, 0) is 10.0 Å². The molecular formula is C18H28N2O3S. The summed E-state index contributed by atoms with van der Waals surface area (Å²) in [7, 11) is -3.65. The molecule has 0 fully saturated rings. The summed E-state index contributed by atoms with van der Waals surface area (Å²) in [5, 5.41) is 8.83. The molecule has 1 rings (SSSR count). The quantitative estimate of drug-likeness (QED) is 0.749. The first kappa shape index (κ1) is 20.5. The van der Waals surface area contributed by atoms with Gasteiger partial charge in [0.15, 0.2) is 0 Å². The average molecular weight is 353 g/mol. The smallest absolute Gasteiger partial charge is 0.243 e. The molecule has 1 aromatic rings. The van der Waals surface area contributed by atoms with E-state index < -0.39 is 10.0 Å². The van der Waals surface area contributed by atoms with Gasteiger partial charge in [0.2, 0.25) is 10.0 Å². The van der Waals surface area contributed by atoms with Crippen LogP contribution in [0.5, 0.6) is 5.75 Å². The van der Waals surface area contributed by atoms with Gasteiger partial charge in [-0.3, -0.25) is 0 Å². The van der Waals surface area contributed by atoms with Crippen molar-refractivity contribution in [1.29, 1.82) is 5.26 Å². The van der Waals surface area contributed by atoms with Gasteiger partial charge in [0.1, 0.15) is 5.75 Å². The van der Waals surface area contributed by atoms with E-state index in [1.165, 1.54) is 4.31 Å². The lowest BCUT2D eigenvalue weighted by atomic mass is 9.97. The van der Waals surface area contributed by atoms with Gasteiger partial charge in [-0.15, -0.1) is 0 Å². The van der Waals surface area contributed by atoms with Crippen molar-refractivity contribution in [3.05, 3.63) is 23.8 Å². The fraction of sp³-hybridized carbons (Fsp3) is 0.611. The van der Waals surface area contributed by atoms with Crippen LogP contribution in [-0.4, -0.2) is 31.9 Å². The Morgan fingerprint density at radius 3 is 2.38 bits per heavy atom. The minimum absolute atomic E-state index is 0.0270. The van der Waals surface area contributed by atoms with E-state index in [2.05, 4.69) is 0 Å². The lowest BCUT2D eigenvalue weighted by molar-refractivity contribution is 0.240. The summed E-state index contributed by atoms with van der Waals surface area (Å²) in [5.41, 5.74) is 0.582. The molecule has 6 heteroatoms. The van der Waals surface area contributed by atoms with E-state index >= 15 is 0 Å². The third-order valence-corrected chi connectivity index (χ3v) is 5.11. The Kier molecular flexibility index (Phi) is 6.82. The Hall–Kier alpha value is -1.58. The predicted octanol–water partition coefficient (Wildman–Crippen LogP) is 3.73. The number of sulfonamides is 1. The van der Waals surface area contributed by atoms with Crippen LogP contribution in [0, 0.1) is 23.7 Å². The Balaban J connectivity index is 3.19. The molecule has 0 unspecified atom stereocenters. The molecule has 0 saturated heterocycles. The van der Waals surface area contributed by atoms with Crippen LogP contribution in [0.3, 0.4) is 0 Å². The molecule has 24 heavy (non-hydrogen) atoms. The molecule has 5 nitrogen and oxygen atoms in total. The largest absolute Gasteiger partial charge is 0.491 e. The SMILES string of the molecule is Cc1cc(S(=O)(=O)N(CCC#N)CC(C)(C)C)ccc1OC(C)C. The van der Waals surface area contributed by atoms with Crippen LogP contribution in [0.25, 0.3) is 0 Å². The minimum atomic E-state index is -3.65. The minimum Gasteiger partial charge on any atom is -0.491 e. The van der Waals surface area contributed by atoms with Gasteiger partial charge in [-0.25, -0.2) is 8.42 Å². The maximum absolute atomic E-state index is 13.0. The lowest BCUT2D eigenvalue weighted by Gasteiger charge is -2.29. The summed E-state index contributed by atoms with van der Waals surface area (Å²) in [6.45, 7) is 12.2. The number of nitrogens with zero attached hydrogens (tertiary/aromatic N) is 2. The molecule has 0 aromatic heterocycles. The summed E-state index contributed by atoms with van der Waals surface area (Å²) in [6.07, 6.45) is 0.196. The van der Waals surface area contributed by atoms with Crippen molar-refractivity contribution < 1.29 is 13.2 Å². The van der Waals surface area contributed by atoms with Gasteiger partial charge in [0, 0.05) is 19.5 Å². The van der Waals surface area contributed by atoms with E-state index in [1.807, 2.05) is 47.6 Å². The van der Waals surface area contributed by atoms with E-state index in [0.29, 0.717) is 12.3 Å². The molecule has 0 saturated carbocycles. The number of ether oxygens (including phenoxy) is 1. The predicted molar refractivity (Wildman–Crippen MR) is 95.4 cm³/mol. The van der Waals surface area contributed by atoms with E-state index in [-0.39, 0.29) is 29.4 Å². The standard InChI is InChI=1S/C18H28N2O3S/c1-14(2)23-17-9-8-16(12-15(17)3)24(21,22)20(11-7-10-19)13-18(4,5)6/h8-9,12,14H,7,11,13H2,1-6H3. The van der Waals surface area contributed by atoms with Crippen LogP contribution in [0.1, 0.15) is 46.6 Å². The highest BCUT2D eigenvalue weighted by Crippen LogP contribution is 2.27. The van der Waals surface area contributed by atoms with Crippen LogP contribution in [0.15, 0.2) is 23.1 Å². The van der Waals surface area contributed by atoms with Crippen molar-refractivity contribution in [2.75, 3.05) is 13.1 Å². The zero-order valence-corrected chi connectivity index (χ0v) is 16.3. The first-order valence-corrected chi connectivity index (χ1v) is 9.56. The second-order valence-corrected chi connectivity index (χ2v) is 9.34. The van der Waals surface area contributed by atoms with Crippen molar-refractivity contribution in [3.8, 4) is 11.8 Å². The Morgan fingerprint density at radius 2 is 1.92 bits per heavy atom. The monoisotopic (exact) mass is 352 g/mol. The normalized spacial score (nSPS) is 12.5. The second kappa shape index (κ2) is 8.00. The zero-order valence-electron chi connectivity index (χ0n) is 15.5. The van der Waals surface area contributed by atoms with Gasteiger partial charge in [-0.2, -0.15) is 9.57 Å². The molecule has 0 heterocycles. The molecule has 0 radical (unpaired) electrons. The van der Waals surface area contributed by atoms with Crippen LogP contribution in [0.2, 0.25) is 0 Å². The average Bonchev–Trinajstić information content (AvgIpc) is 2.43. The molecular weight excluding hydrogens is 324 g/mol. The van der Waals surface area contributed by atoms with Gasteiger partial charge >= 0.3 is 0 Å².